The fourth-order valence-corrected chi connectivity index (χ4v) is 0.821. The highest BCUT2D eigenvalue weighted by molar-refractivity contribution is 6.28. The van der Waals surface area contributed by atoms with E-state index in [9.17, 15) is 4.79 Å². The van der Waals surface area contributed by atoms with Crippen LogP contribution in [0.25, 0.3) is 0 Å². The van der Waals surface area contributed by atoms with Crippen LogP contribution in [0, 0.1) is 0 Å². The second-order valence-electron chi connectivity index (χ2n) is 3.08. The van der Waals surface area contributed by atoms with Gasteiger partial charge in [-0.15, -0.1) is 0 Å². The lowest BCUT2D eigenvalue weighted by atomic mass is 10.1. The van der Waals surface area contributed by atoms with Gasteiger partial charge in [-0.05, 0) is 25.4 Å². The first-order valence-electron chi connectivity index (χ1n) is 3.83. The highest BCUT2D eigenvalue weighted by atomic mass is 35.5. The molecule has 1 N–H and O–H groups in total. The van der Waals surface area contributed by atoms with Gasteiger partial charge >= 0.3 is 5.97 Å². The van der Waals surface area contributed by atoms with Crippen LogP contribution in [0.15, 0.2) is 12.3 Å². The zero-order valence-corrected chi connectivity index (χ0v) is 8.45. The van der Waals surface area contributed by atoms with Crippen molar-refractivity contribution in [3.63, 3.8) is 0 Å². The summed E-state index contributed by atoms with van der Waals surface area (Å²) in [6.45, 7) is 2.84. The van der Waals surface area contributed by atoms with Crippen molar-refractivity contribution in [3.05, 3.63) is 17.5 Å². The lowest BCUT2D eigenvalue weighted by molar-refractivity contribution is -0.152. The molecule has 6 heteroatoms. The predicted molar refractivity (Wildman–Crippen MR) is 49.4 cm³/mol. The third-order valence-corrected chi connectivity index (χ3v) is 1.66. The molecule has 0 atom stereocenters. The summed E-state index contributed by atoms with van der Waals surface area (Å²) >= 11 is 5.50. The van der Waals surface area contributed by atoms with Crippen molar-refractivity contribution in [1.29, 1.82) is 0 Å². The molecule has 0 aromatic carbocycles. The highest BCUT2D eigenvalue weighted by Crippen LogP contribution is 2.16. The molecular formula is C8H9ClN2O3. The van der Waals surface area contributed by atoms with Crippen molar-refractivity contribution in [2.24, 2.45) is 0 Å². The molecule has 0 saturated heterocycles. The molecule has 0 aliphatic rings. The van der Waals surface area contributed by atoms with Gasteiger partial charge in [-0.1, -0.05) is 0 Å². The van der Waals surface area contributed by atoms with E-state index in [1.165, 1.54) is 26.1 Å². The minimum absolute atomic E-state index is 0.0173. The van der Waals surface area contributed by atoms with Crippen LogP contribution in [0.3, 0.4) is 0 Å². The molecule has 0 unspecified atom stereocenters. The van der Waals surface area contributed by atoms with Crippen LogP contribution in [-0.2, 0) is 4.79 Å². The van der Waals surface area contributed by atoms with E-state index < -0.39 is 11.6 Å². The molecule has 0 spiro atoms. The molecule has 1 rings (SSSR count). The minimum atomic E-state index is -1.34. The Morgan fingerprint density at radius 2 is 2.29 bits per heavy atom. The highest BCUT2D eigenvalue weighted by Gasteiger charge is 2.29. The van der Waals surface area contributed by atoms with Crippen LogP contribution >= 0.6 is 11.6 Å². The Hall–Kier alpha value is -1.36. The number of aliphatic carboxylic acids is 1. The Morgan fingerprint density at radius 1 is 1.64 bits per heavy atom. The van der Waals surface area contributed by atoms with Gasteiger partial charge in [-0.2, -0.15) is 4.98 Å². The summed E-state index contributed by atoms with van der Waals surface area (Å²) in [4.78, 5) is 18.1. The molecule has 14 heavy (non-hydrogen) atoms. The first-order valence-corrected chi connectivity index (χ1v) is 4.20. The second-order valence-corrected chi connectivity index (χ2v) is 3.42. The largest absolute Gasteiger partial charge is 0.478 e. The van der Waals surface area contributed by atoms with Gasteiger partial charge < -0.3 is 9.84 Å². The van der Waals surface area contributed by atoms with Crippen molar-refractivity contribution in [2.75, 3.05) is 0 Å². The number of nitrogens with zero attached hydrogens (tertiary/aromatic N) is 2. The number of rotatable bonds is 3. The molecule has 5 nitrogen and oxygen atoms in total. The third-order valence-electron chi connectivity index (χ3n) is 1.48. The molecule has 0 fully saturated rings. The van der Waals surface area contributed by atoms with Gasteiger partial charge in [-0.25, -0.2) is 9.78 Å². The molecule has 0 aliphatic heterocycles. The van der Waals surface area contributed by atoms with E-state index >= 15 is 0 Å². The summed E-state index contributed by atoms with van der Waals surface area (Å²) in [7, 11) is 0. The number of aromatic nitrogens is 2. The van der Waals surface area contributed by atoms with E-state index in [0.29, 0.717) is 0 Å². The van der Waals surface area contributed by atoms with Gasteiger partial charge in [0.25, 0.3) is 0 Å². The SMILES string of the molecule is CC(C)(Oc1ccnc(Cl)n1)C(=O)O. The molecule has 0 saturated carbocycles. The number of halogens is 1. The Bertz CT molecular complexity index is 354. The van der Waals surface area contributed by atoms with Crippen LogP contribution in [0.5, 0.6) is 5.88 Å². The Morgan fingerprint density at radius 3 is 2.79 bits per heavy atom. The van der Waals surface area contributed by atoms with E-state index in [1.807, 2.05) is 0 Å². The lowest BCUT2D eigenvalue weighted by Gasteiger charge is -2.20. The van der Waals surface area contributed by atoms with Crippen molar-refractivity contribution in [1.82, 2.24) is 9.97 Å². The van der Waals surface area contributed by atoms with Crippen molar-refractivity contribution < 1.29 is 14.6 Å². The summed E-state index contributed by atoms with van der Waals surface area (Å²) in [6, 6.07) is 1.44. The lowest BCUT2D eigenvalue weighted by Crippen LogP contribution is -2.38. The van der Waals surface area contributed by atoms with Gasteiger partial charge in [0.2, 0.25) is 16.8 Å². The number of ether oxygens (including phenoxy) is 1. The predicted octanol–water partition coefficient (Wildman–Crippen LogP) is 1.37. The van der Waals surface area contributed by atoms with E-state index in [1.54, 1.807) is 0 Å². The maximum Gasteiger partial charge on any atom is 0.347 e. The average molecular weight is 217 g/mol. The zero-order valence-electron chi connectivity index (χ0n) is 7.69. The van der Waals surface area contributed by atoms with Crippen LogP contribution in [-0.4, -0.2) is 26.6 Å². The van der Waals surface area contributed by atoms with Gasteiger partial charge in [0.1, 0.15) is 0 Å². The normalized spacial score (nSPS) is 11.1. The maximum atomic E-state index is 10.7. The average Bonchev–Trinajstić information content (AvgIpc) is 2.02. The number of carboxylic acids is 1. The van der Waals surface area contributed by atoms with Gasteiger partial charge in [-0.3, -0.25) is 0 Å². The number of carboxylic acid groups (broad SMARTS) is 1. The van der Waals surface area contributed by atoms with Gasteiger partial charge in [0.05, 0.1) is 0 Å². The summed E-state index contributed by atoms with van der Waals surface area (Å²) < 4.78 is 5.11. The molecule has 0 aliphatic carbocycles. The van der Waals surface area contributed by atoms with Crippen molar-refractivity contribution >= 4 is 17.6 Å². The van der Waals surface area contributed by atoms with E-state index in [4.69, 9.17) is 21.4 Å². The second kappa shape index (κ2) is 3.79. The summed E-state index contributed by atoms with van der Waals surface area (Å²) in [6.07, 6.45) is 1.39. The first-order chi connectivity index (χ1) is 6.42. The first kappa shape index (κ1) is 10.7. The summed E-state index contributed by atoms with van der Waals surface area (Å²) in [5.41, 5.74) is -1.34. The van der Waals surface area contributed by atoms with Crippen LogP contribution in [0.4, 0.5) is 0 Å². The van der Waals surface area contributed by atoms with E-state index in [2.05, 4.69) is 9.97 Å². The summed E-state index contributed by atoms with van der Waals surface area (Å²) in [5.74, 6) is -0.940. The molecule has 1 heterocycles. The van der Waals surface area contributed by atoms with Gasteiger partial charge in [0.15, 0.2) is 0 Å². The molecule has 1 aromatic heterocycles. The molecule has 0 amide bonds. The monoisotopic (exact) mass is 216 g/mol. The van der Waals surface area contributed by atoms with Crippen LogP contribution < -0.4 is 4.74 Å². The summed E-state index contributed by atoms with van der Waals surface area (Å²) in [5, 5.41) is 8.79. The van der Waals surface area contributed by atoms with E-state index in [-0.39, 0.29) is 11.2 Å². The number of hydrogen-bond acceptors (Lipinski definition) is 4. The molecule has 0 radical (unpaired) electrons. The maximum absolute atomic E-state index is 10.7. The van der Waals surface area contributed by atoms with Crippen molar-refractivity contribution in [3.8, 4) is 5.88 Å². The standard InChI is InChI=1S/C8H9ClN2O3/c1-8(2,6(12)13)14-5-3-4-10-7(9)11-5/h3-4H,1-2H3,(H,12,13). The molecular weight excluding hydrogens is 208 g/mol. The van der Waals surface area contributed by atoms with E-state index in [0.717, 1.165) is 0 Å². The fraction of sp³-hybridized carbons (Fsp3) is 0.375. The number of carbonyl (C=O) groups is 1. The molecule has 0 bridgehead atoms. The number of hydrogen-bond donors (Lipinski definition) is 1. The minimum Gasteiger partial charge on any atom is -0.478 e. The molecule has 76 valence electrons. The van der Waals surface area contributed by atoms with Gasteiger partial charge in [0, 0.05) is 12.3 Å². The van der Waals surface area contributed by atoms with Crippen molar-refractivity contribution in [2.45, 2.75) is 19.4 Å². The molecule has 1 aromatic rings. The zero-order chi connectivity index (χ0) is 10.8. The Labute approximate surface area is 85.7 Å². The Balaban J connectivity index is 2.83. The smallest absolute Gasteiger partial charge is 0.347 e. The third kappa shape index (κ3) is 2.56. The fourth-order valence-electron chi connectivity index (χ4n) is 0.682. The Kier molecular flexibility index (Phi) is 2.90. The topological polar surface area (TPSA) is 72.3 Å². The van der Waals surface area contributed by atoms with Crippen LogP contribution in [0.2, 0.25) is 5.28 Å². The quantitative estimate of drug-likeness (QED) is 0.773. The van der Waals surface area contributed by atoms with Crippen LogP contribution in [0.1, 0.15) is 13.8 Å².